The monoisotopic (exact) mass is 361 g/mol. The van der Waals surface area contributed by atoms with E-state index >= 15 is 0 Å². The summed E-state index contributed by atoms with van der Waals surface area (Å²) in [5.74, 6) is 0.457. The van der Waals surface area contributed by atoms with Crippen LogP contribution in [0.1, 0.15) is 16.1 Å². The Hall–Kier alpha value is -2.74. The van der Waals surface area contributed by atoms with Gasteiger partial charge in [0.15, 0.2) is 0 Å². The van der Waals surface area contributed by atoms with Crippen LogP contribution >= 0.6 is 11.6 Å². The Bertz CT molecular complexity index is 821. The van der Waals surface area contributed by atoms with Crippen LogP contribution in [-0.2, 0) is 0 Å². The van der Waals surface area contributed by atoms with Gasteiger partial charge in [-0.2, -0.15) is 0 Å². The molecule has 0 radical (unpaired) electrons. The van der Waals surface area contributed by atoms with Gasteiger partial charge in [0.25, 0.3) is 11.6 Å². The molecule has 0 atom stereocenters. The lowest BCUT2D eigenvalue weighted by Crippen LogP contribution is -2.49. The van der Waals surface area contributed by atoms with Gasteiger partial charge in [-0.1, -0.05) is 11.6 Å². The number of benzene rings is 1. The third kappa shape index (κ3) is 3.69. The Kier molecular flexibility index (Phi) is 4.80. The van der Waals surface area contributed by atoms with Gasteiger partial charge in [-0.15, -0.1) is 0 Å². The highest BCUT2D eigenvalue weighted by Crippen LogP contribution is 2.25. The van der Waals surface area contributed by atoms with Crippen molar-refractivity contribution < 1.29 is 9.72 Å². The van der Waals surface area contributed by atoms with Gasteiger partial charge in [-0.05, 0) is 19.1 Å². The molecule has 3 rings (SSSR count). The molecule has 1 fully saturated rings. The van der Waals surface area contributed by atoms with Crippen molar-refractivity contribution >= 4 is 29.0 Å². The van der Waals surface area contributed by atoms with Gasteiger partial charge in [0.2, 0.25) is 0 Å². The second-order valence-electron chi connectivity index (χ2n) is 5.72. The summed E-state index contributed by atoms with van der Waals surface area (Å²) in [6, 6.07) is 5.99. The van der Waals surface area contributed by atoms with E-state index in [1.807, 2.05) is 13.0 Å². The lowest BCUT2D eigenvalue weighted by molar-refractivity contribution is -0.385. The van der Waals surface area contributed by atoms with E-state index in [-0.39, 0.29) is 22.2 Å². The Morgan fingerprint density at radius 3 is 2.56 bits per heavy atom. The van der Waals surface area contributed by atoms with E-state index in [9.17, 15) is 14.9 Å². The standard InChI is InChI=1S/C16H16ClN5O3/c1-11-8-15(19-10-18-11)20-4-6-21(7-5-20)16(23)13-3-2-12(17)9-14(13)22(24)25/h2-3,8-10H,4-7H2,1H3. The summed E-state index contributed by atoms with van der Waals surface area (Å²) >= 11 is 5.80. The predicted octanol–water partition coefficient (Wildman–Crippen LogP) is 2.31. The van der Waals surface area contributed by atoms with E-state index in [0.717, 1.165) is 11.5 Å². The second kappa shape index (κ2) is 7.02. The lowest BCUT2D eigenvalue weighted by atomic mass is 10.1. The van der Waals surface area contributed by atoms with E-state index in [2.05, 4.69) is 14.9 Å². The topological polar surface area (TPSA) is 92.5 Å². The molecule has 2 aromatic rings. The fourth-order valence-electron chi connectivity index (χ4n) is 2.76. The highest BCUT2D eigenvalue weighted by atomic mass is 35.5. The molecule has 1 aromatic heterocycles. The molecular formula is C16H16ClN5O3. The largest absolute Gasteiger partial charge is 0.353 e. The molecule has 0 unspecified atom stereocenters. The Morgan fingerprint density at radius 2 is 1.92 bits per heavy atom. The number of aromatic nitrogens is 2. The van der Waals surface area contributed by atoms with Crippen LogP contribution in [-0.4, -0.2) is 51.9 Å². The molecule has 130 valence electrons. The summed E-state index contributed by atoms with van der Waals surface area (Å²) in [6.07, 6.45) is 1.51. The van der Waals surface area contributed by atoms with Gasteiger partial charge in [0.1, 0.15) is 17.7 Å². The number of nitro benzene ring substituents is 1. The van der Waals surface area contributed by atoms with Crippen molar-refractivity contribution in [3.63, 3.8) is 0 Å². The minimum atomic E-state index is -0.584. The van der Waals surface area contributed by atoms with Crippen molar-refractivity contribution in [3.8, 4) is 0 Å². The van der Waals surface area contributed by atoms with Crippen LogP contribution in [0.2, 0.25) is 5.02 Å². The average molecular weight is 362 g/mol. The third-order valence-electron chi connectivity index (χ3n) is 4.07. The Labute approximate surface area is 149 Å². The summed E-state index contributed by atoms with van der Waals surface area (Å²) in [5, 5.41) is 11.4. The number of rotatable bonds is 3. The highest BCUT2D eigenvalue weighted by Gasteiger charge is 2.28. The Balaban J connectivity index is 1.73. The maximum Gasteiger partial charge on any atom is 0.283 e. The maximum atomic E-state index is 12.7. The van der Waals surface area contributed by atoms with Crippen molar-refractivity contribution in [2.45, 2.75) is 6.92 Å². The van der Waals surface area contributed by atoms with Crippen molar-refractivity contribution in [3.05, 3.63) is 57.0 Å². The SMILES string of the molecule is Cc1cc(N2CCN(C(=O)c3ccc(Cl)cc3[N+](=O)[O-])CC2)ncn1. The molecule has 0 aliphatic carbocycles. The number of hydrogen-bond acceptors (Lipinski definition) is 6. The van der Waals surface area contributed by atoms with Gasteiger partial charge >= 0.3 is 0 Å². The summed E-state index contributed by atoms with van der Waals surface area (Å²) in [4.78, 5) is 35.3. The molecule has 2 heterocycles. The van der Waals surface area contributed by atoms with Crippen LogP contribution in [0, 0.1) is 17.0 Å². The molecule has 9 heteroatoms. The molecule has 1 amide bonds. The summed E-state index contributed by atoms with van der Waals surface area (Å²) in [7, 11) is 0. The third-order valence-corrected chi connectivity index (χ3v) is 4.30. The molecule has 1 aromatic carbocycles. The number of nitrogens with zero attached hydrogens (tertiary/aromatic N) is 5. The van der Waals surface area contributed by atoms with E-state index in [0.29, 0.717) is 26.2 Å². The molecule has 0 saturated carbocycles. The van der Waals surface area contributed by atoms with Crippen LogP contribution in [0.3, 0.4) is 0 Å². The molecular weight excluding hydrogens is 346 g/mol. The number of amides is 1. The molecule has 8 nitrogen and oxygen atoms in total. The van der Waals surface area contributed by atoms with Gasteiger partial charge in [0, 0.05) is 49.0 Å². The fraction of sp³-hybridized carbons (Fsp3) is 0.312. The molecule has 0 N–H and O–H groups in total. The van der Waals surface area contributed by atoms with E-state index in [4.69, 9.17) is 11.6 Å². The number of carbonyl (C=O) groups is 1. The van der Waals surface area contributed by atoms with Gasteiger partial charge in [-0.3, -0.25) is 14.9 Å². The van der Waals surface area contributed by atoms with Crippen LogP contribution in [0.4, 0.5) is 11.5 Å². The first-order valence-electron chi connectivity index (χ1n) is 7.72. The van der Waals surface area contributed by atoms with Crippen LogP contribution in [0.5, 0.6) is 0 Å². The highest BCUT2D eigenvalue weighted by molar-refractivity contribution is 6.31. The van der Waals surface area contributed by atoms with Crippen molar-refractivity contribution in [2.75, 3.05) is 31.1 Å². The van der Waals surface area contributed by atoms with Crippen LogP contribution < -0.4 is 4.90 Å². The zero-order chi connectivity index (χ0) is 18.0. The molecule has 1 aliphatic rings. The van der Waals surface area contributed by atoms with Crippen molar-refractivity contribution in [1.82, 2.24) is 14.9 Å². The average Bonchev–Trinajstić information content (AvgIpc) is 2.61. The van der Waals surface area contributed by atoms with Crippen molar-refractivity contribution in [1.29, 1.82) is 0 Å². The van der Waals surface area contributed by atoms with Gasteiger partial charge in [0.05, 0.1) is 4.92 Å². The number of aryl methyl sites for hydroxylation is 1. The van der Waals surface area contributed by atoms with Crippen LogP contribution in [0.15, 0.2) is 30.6 Å². The van der Waals surface area contributed by atoms with Crippen LogP contribution in [0.25, 0.3) is 0 Å². The maximum absolute atomic E-state index is 12.7. The first kappa shape index (κ1) is 17.1. The normalized spacial score (nSPS) is 14.5. The van der Waals surface area contributed by atoms with E-state index < -0.39 is 4.92 Å². The van der Waals surface area contributed by atoms with Crippen molar-refractivity contribution in [2.24, 2.45) is 0 Å². The summed E-state index contributed by atoms with van der Waals surface area (Å²) in [5.41, 5.74) is 0.660. The quantitative estimate of drug-likeness (QED) is 0.615. The molecule has 0 spiro atoms. The Morgan fingerprint density at radius 1 is 1.20 bits per heavy atom. The van der Waals surface area contributed by atoms with E-state index in [1.54, 1.807) is 4.90 Å². The fourth-order valence-corrected chi connectivity index (χ4v) is 2.93. The first-order chi connectivity index (χ1) is 12.0. The van der Waals surface area contributed by atoms with Gasteiger partial charge in [-0.25, -0.2) is 9.97 Å². The molecule has 0 bridgehead atoms. The summed E-state index contributed by atoms with van der Waals surface area (Å²) < 4.78 is 0. The minimum Gasteiger partial charge on any atom is -0.353 e. The van der Waals surface area contributed by atoms with Gasteiger partial charge < -0.3 is 9.80 Å². The smallest absolute Gasteiger partial charge is 0.283 e. The molecule has 25 heavy (non-hydrogen) atoms. The zero-order valence-electron chi connectivity index (χ0n) is 13.6. The van der Waals surface area contributed by atoms with E-state index in [1.165, 1.54) is 24.5 Å². The minimum absolute atomic E-state index is 0.0562. The number of hydrogen-bond donors (Lipinski definition) is 0. The zero-order valence-corrected chi connectivity index (χ0v) is 14.3. The first-order valence-corrected chi connectivity index (χ1v) is 8.10. The molecule has 1 aliphatic heterocycles. The predicted molar refractivity (Wildman–Crippen MR) is 93.0 cm³/mol. The number of halogens is 1. The summed E-state index contributed by atoms with van der Waals surface area (Å²) in [6.45, 7) is 4.01. The number of piperazine rings is 1. The number of carbonyl (C=O) groups excluding carboxylic acids is 1. The molecule has 1 saturated heterocycles. The lowest BCUT2D eigenvalue weighted by Gasteiger charge is -2.35. The second-order valence-corrected chi connectivity index (χ2v) is 6.15. The number of nitro groups is 1. The number of anilines is 1.